The first-order chi connectivity index (χ1) is 10.5. The van der Waals surface area contributed by atoms with Gasteiger partial charge < -0.3 is 9.84 Å². The monoisotopic (exact) mass is 304 g/mol. The molecule has 0 spiro atoms. The standard InChI is InChI=1S/C18H24O4/c1-14(2)10-6-4-3-5-9-13-22-18(21)16-12-8-7-11-15(16)17(19)20/h7-8,11-12H,1,3-6,9-10,13H2,2H3,(H,19,20). The van der Waals surface area contributed by atoms with Gasteiger partial charge in [0.25, 0.3) is 0 Å². The molecule has 1 aromatic carbocycles. The summed E-state index contributed by atoms with van der Waals surface area (Å²) in [6.45, 7) is 6.23. The molecule has 0 atom stereocenters. The van der Waals surface area contributed by atoms with Gasteiger partial charge in [-0.3, -0.25) is 0 Å². The van der Waals surface area contributed by atoms with E-state index in [1.807, 2.05) is 6.92 Å². The Morgan fingerprint density at radius 1 is 1.05 bits per heavy atom. The average Bonchev–Trinajstić information content (AvgIpc) is 2.49. The number of benzene rings is 1. The zero-order valence-electron chi connectivity index (χ0n) is 13.1. The summed E-state index contributed by atoms with van der Waals surface area (Å²) >= 11 is 0. The fourth-order valence-corrected chi connectivity index (χ4v) is 2.15. The second-order valence-electron chi connectivity index (χ2n) is 5.46. The lowest BCUT2D eigenvalue weighted by Gasteiger charge is -2.07. The van der Waals surface area contributed by atoms with E-state index in [0.717, 1.165) is 38.5 Å². The van der Waals surface area contributed by atoms with Gasteiger partial charge in [0.1, 0.15) is 0 Å². The van der Waals surface area contributed by atoms with Crippen LogP contribution in [-0.2, 0) is 4.74 Å². The van der Waals surface area contributed by atoms with E-state index in [2.05, 4.69) is 6.58 Å². The molecule has 22 heavy (non-hydrogen) atoms. The van der Waals surface area contributed by atoms with Crippen molar-refractivity contribution in [1.82, 2.24) is 0 Å². The van der Waals surface area contributed by atoms with Gasteiger partial charge in [-0.2, -0.15) is 0 Å². The molecule has 0 aromatic heterocycles. The van der Waals surface area contributed by atoms with Crippen LogP contribution in [0.4, 0.5) is 0 Å². The van der Waals surface area contributed by atoms with Gasteiger partial charge in [0, 0.05) is 0 Å². The summed E-state index contributed by atoms with van der Waals surface area (Å²) < 4.78 is 5.15. The molecule has 0 aliphatic rings. The molecule has 0 fully saturated rings. The molecule has 1 rings (SSSR count). The number of carbonyl (C=O) groups is 2. The minimum atomic E-state index is -1.12. The zero-order chi connectivity index (χ0) is 16.4. The number of hydrogen-bond donors (Lipinski definition) is 1. The number of carboxylic acids is 1. The van der Waals surface area contributed by atoms with Crippen LogP contribution in [-0.4, -0.2) is 23.7 Å². The third-order valence-corrected chi connectivity index (χ3v) is 3.36. The molecule has 0 aliphatic carbocycles. The van der Waals surface area contributed by atoms with Crippen LogP contribution in [0.3, 0.4) is 0 Å². The fourth-order valence-electron chi connectivity index (χ4n) is 2.15. The van der Waals surface area contributed by atoms with Crippen molar-refractivity contribution in [3.05, 3.63) is 47.5 Å². The summed E-state index contributed by atoms with van der Waals surface area (Å²) in [4.78, 5) is 22.9. The molecule has 0 unspecified atom stereocenters. The molecule has 0 saturated heterocycles. The third-order valence-electron chi connectivity index (χ3n) is 3.36. The molecular formula is C18H24O4. The number of rotatable bonds is 10. The van der Waals surface area contributed by atoms with Crippen molar-refractivity contribution in [1.29, 1.82) is 0 Å². The van der Waals surface area contributed by atoms with Gasteiger partial charge in [-0.25, -0.2) is 9.59 Å². The number of ether oxygens (including phenoxy) is 1. The van der Waals surface area contributed by atoms with Gasteiger partial charge in [-0.15, -0.1) is 6.58 Å². The van der Waals surface area contributed by atoms with Crippen LogP contribution in [0, 0.1) is 0 Å². The minimum Gasteiger partial charge on any atom is -0.478 e. The quantitative estimate of drug-likeness (QED) is 0.394. The van der Waals surface area contributed by atoms with E-state index >= 15 is 0 Å². The molecule has 0 radical (unpaired) electrons. The summed E-state index contributed by atoms with van der Waals surface area (Å²) in [5.74, 6) is -1.69. The number of esters is 1. The summed E-state index contributed by atoms with van der Waals surface area (Å²) in [5, 5.41) is 9.03. The maximum Gasteiger partial charge on any atom is 0.339 e. The highest BCUT2D eigenvalue weighted by atomic mass is 16.5. The average molecular weight is 304 g/mol. The fraction of sp³-hybridized carbons (Fsp3) is 0.444. The highest BCUT2D eigenvalue weighted by Crippen LogP contribution is 2.12. The molecule has 0 amide bonds. The van der Waals surface area contributed by atoms with E-state index in [1.54, 1.807) is 12.1 Å². The van der Waals surface area contributed by atoms with Crippen LogP contribution >= 0.6 is 0 Å². The van der Waals surface area contributed by atoms with Gasteiger partial charge in [-0.1, -0.05) is 37.0 Å². The minimum absolute atomic E-state index is 0.0210. The first-order valence-corrected chi connectivity index (χ1v) is 7.66. The molecule has 120 valence electrons. The highest BCUT2D eigenvalue weighted by Gasteiger charge is 2.16. The second-order valence-corrected chi connectivity index (χ2v) is 5.46. The first kappa shape index (κ1) is 18.0. The van der Waals surface area contributed by atoms with Crippen LogP contribution in [0.2, 0.25) is 0 Å². The van der Waals surface area contributed by atoms with E-state index < -0.39 is 11.9 Å². The van der Waals surface area contributed by atoms with Crippen molar-refractivity contribution in [2.24, 2.45) is 0 Å². The van der Waals surface area contributed by atoms with Crippen molar-refractivity contribution in [2.75, 3.05) is 6.61 Å². The van der Waals surface area contributed by atoms with Crippen molar-refractivity contribution in [3.8, 4) is 0 Å². The SMILES string of the molecule is C=C(C)CCCCCCCOC(=O)c1ccccc1C(=O)O. The molecule has 0 heterocycles. The summed E-state index contributed by atoms with van der Waals surface area (Å²) in [7, 11) is 0. The predicted molar refractivity (Wildman–Crippen MR) is 86.2 cm³/mol. The molecule has 1 aromatic rings. The molecule has 0 saturated carbocycles. The maximum absolute atomic E-state index is 11.9. The topological polar surface area (TPSA) is 63.6 Å². The van der Waals surface area contributed by atoms with E-state index in [0.29, 0.717) is 6.61 Å². The second kappa shape index (κ2) is 9.77. The number of unbranched alkanes of at least 4 members (excludes halogenated alkanes) is 4. The maximum atomic E-state index is 11.9. The van der Waals surface area contributed by atoms with Crippen molar-refractivity contribution in [3.63, 3.8) is 0 Å². The molecule has 1 N–H and O–H groups in total. The molecule has 4 nitrogen and oxygen atoms in total. The highest BCUT2D eigenvalue weighted by molar-refractivity contribution is 6.02. The zero-order valence-corrected chi connectivity index (χ0v) is 13.1. The first-order valence-electron chi connectivity index (χ1n) is 7.66. The van der Waals surface area contributed by atoms with Gasteiger partial charge in [-0.05, 0) is 38.3 Å². The normalized spacial score (nSPS) is 10.2. The van der Waals surface area contributed by atoms with Crippen LogP contribution in [0.5, 0.6) is 0 Å². The van der Waals surface area contributed by atoms with Gasteiger partial charge in [0.05, 0.1) is 17.7 Å². The van der Waals surface area contributed by atoms with E-state index in [9.17, 15) is 9.59 Å². The van der Waals surface area contributed by atoms with Crippen LogP contribution < -0.4 is 0 Å². The smallest absolute Gasteiger partial charge is 0.339 e. The lowest BCUT2D eigenvalue weighted by Crippen LogP contribution is -2.12. The number of allylic oxidation sites excluding steroid dienone is 1. The lowest BCUT2D eigenvalue weighted by molar-refractivity contribution is 0.0487. The number of hydrogen-bond acceptors (Lipinski definition) is 3. The Balaban J connectivity index is 2.24. The Kier molecular flexibility index (Phi) is 7.97. The number of aromatic carboxylic acids is 1. The summed E-state index contributed by atoms with van der Waals surface area (Å²) in [5.41, 5.74) is 1.30. The predicted octanol–water partition coefficient (Wildman–Crippen LogP) is 4.46. The Labute approximate surface area is 131 Å². The van der Waals surface area contributed by atoms with Crippen LogP contribution in [0.25, 0.3) is 0 Å². The summed E-state index contributed by atoms with van der Waals surface area (Å²) in [6.07, 6.45) is 6.29. The van der Waals surface area contributed by atoms with E-state index in [1.165, 1.54) is 17.7 Å². The number of carbonyl (C=O) groups excluding carboxylic acids is 1. The Hall–Kier alpha value is -2.10. The largest absolute Gasteiger partial charge is 0.478 e. The van der Waals surface area contributed by atoms with Crippen LogP contribution in [0.1, 0.15) is 66.2 Å². The van der Waals surface area contributed by atoms with E-state index in [4.69, 9.17) is 9.84 Å². The van der Waals surface area contributed by atoms with Crippen molar-refractivity contribution >= 4 is 11.9 Å². The van der Waals surface area contributed by atoms with Crippen LogP contribution in [0.15, 0.2) is 36.4 Å². The number of carboxylic acid groups (broad SMARTS) is 1. The molecule has 4 heteroatoms. The van der Waals surface area contributed by atoms with Crippen molar-refractivity contribution < 1.29 is 19.4 Å². The van der Waals surface area contributed by atoms with E-state index in [-0.39, 0.29) is 11.1 Å². The molecule has 0 bridgehead atoms. The summed E-state index contributed by atoms with van der Waals surface area (Å²) in [6, 6.07) is 6.10. The lowest BCUT2D eigenvalue weighted by atomic mass is 10.1. The third kappa shape index (κ3) is 6.57. The molecule has 0 aliphatic heterocycles. The van der Waals surface area contributed by atoms with Gasteiger partial charge in [0.2, 0.25) is 0 Å². The molecular weight excluding hydrogens is 280 g/mol. The Morgan fingerprint density at radius 3 is 2.27 bits per heavy atom. The Morgan fingerprint density at radius 2 is 1.64 bits per heavy atom. The van der Waals surface area contributed by atoms with Gasteiger partial charge in [0.15, 0.2) is 0 Å². The Bertz CT molecular complexity index is 520. The van der Waals surface area contributed by atoms with Gasteiger partial charge >= 0.3 is 11.9 Å². The van der Waals surface area contributed by atoms with Crippen molar-refractivity contribution in [2.45, 2.75) is 45.4 Å².